The van der Waals surface area contributed by atoms with E-state index in [1.807, 2.05) is 20.8 Å². The van der Waals surface area contributed by atoms with Crippen LogP contribution in [0.4, 0.5) is 4.79 Å². The van der Waals surface area contributed by atoms with Gasteiger partial charge in [-0.2, -0.15) is 0 Å². The van der Waals surface area contributed by atoms with Crippen molar-refractivity contribution < 1.29 is 23.9 Å². The quantitative estimate of drug-likeness (QED) is 0.689. The number of nitrogens with zero attached hydrogens (tertiary/aromatic N) is 2. The van der Waals surface area contributed by atoms with Gasteiger partial charge in [-0.1, -0.05) is 0 Å². The number of likely N-dealkylation sites (tertiary alicyclic amines) is 1. The Bertz CT molecular complexity index is 701. The predicted octanol–water partition coefficient (Wildman–Crippen LogP) is 2.09. The van der Waals surface area contributed by atoms with E-state index in [0.717, 1.165) is 32.1 Å². The molecule has 30 heavy (non-hydrogen) atoms. The van der Waals surface area contributed by atoms with Crippen molar-refractivity contribution in [2.45, 2.75) is 58.5 Å². The maximum absolute atomic E-state index is 12.6. The maximum Gasteiger partial charge on any atom is 0.410 e. The molecule has 1 saturated heterocycles. The Morgan fingerprint density at radius 1 is 1.03 bits per heavy atom. The summed E-state index contributed by atoms with van der Waals surface area (Å²) in [7, 11) is 0. The Morgan fingerprint density at radius 2 is 1.67 bits per heavy atom. The number of nitrogens with one attached hydrogen (secondary N) is 1. The molecule has 0 spiro atoms. The predicted molar refractivity (Wildman–Crippen MR) is 110 cm³/mol. The molecule has 166 valence electrons. The molecule has 1 saturated carbocycles. The molecular weight excluding hydrogens is 386 g/mol. The van der Waals surface area contributed by atoms with Crippen LogP contribution in [0.1, 0.15) is 52.9 Å². The molecule has 8 nitrogen and oxygen atoms in total. The number of carbonyl (C=O) groups excluding carboxylic acids is 4. The van der Waals surface area contributed by atoms with Gasteiger partial charge in [-0.25, -0.2) is 4.79 Å². The highest BCUT2D eigenvalue weighted by atomic mass is 16.6. The van der Waals surface area contributed by atoms with Crippen LogP contribution in [0.5, 0.6) is 0 Å². The molecular formula is C22H33N3O5. The smallest absolute Gasteiger partial charge is 0.410 e. The lowest BCUT2D eigenvalue weighted by atomic mass is 9.81. The number of hydrogen-bond acceptors (Lipinski definition) is 5. The minimum absolute atomic E-state index is 0.0206. The van der Waals surface area contributed by atoms with Gasteiger partial charge in [-0.3, -0.25) is 19.3 Å². The van der Waals surface area contributed by atoms with Crippen LogP contribution in [0.25, 0.3) is 0 Å². The summed E-state index contributed by atoms with van der Waals surface area (Å²) in [5.74, 6) is 0.0807. The Morgan fingerprint density at radius 3 is 2.27 bits per heavy atom. The molecule has 8 heteroatoms. The molecule has 0 aromatic carbocycles. The van der Waals surface area contributed by atoms with Gasteiger partial charge in [0.05, 0.1) is 0 Å². The normalized spacial score (nSPS) is 27.0. The number of carbonyl (C=O) groups is 4. The second-order valence-corrected chi connectivity index (χ2v) is 9.66. The summed E-state index contributed by atoms with van der Waals surface area (Å²) in [6.45, 7) is 7.83. The van der Waals surface area contributed by atoms with Crippen LogP contribution in [-0.2, 0) is 19.1 Å². The molecule has 1 atom stereocenters. The first-order valence-electron chi connectivity index (χ1n) is 10.9. The Kier molecular flexibility index (Phi) is 6.83. The van der Waals surface area contributed by atoms with Crippen LogP contribution >= 0.6 is 0 Å². The fourth-order valence-corrected chi connectivity index (χ4v) is 4.36. The standard InChI is InChI=1S/C22H33N3O5/c1-22(2,3)30-21(29)24-11-10-16(13-24)12-23-20(28)17-6-4-15(5-7-17)14-25-18(26)8-9-19(25)27/h8-9,15-17H,4-7,10-14H2,1-3H3,(H,23,28). The zero-order valence-electron chi connectivity index (χ0n) is 18.2. The van der Waals surface area contributed by atoms with Crippen molar-refractivity contribution >= 4 is 23.8 Å². The lowest BCUT2D eigenvalue weighted by molar-refractivity contribution is -0.138. The van der Waals surface area contributed by atoms with Crippen LogP contribution in [0.3, 0.4) is 0 Å². The number of imide groups is 1. The van der Waals surface area contributed by atoms with Crippen LogP contribution < -0.4 is 5.32 Å². The third kappa shape index (κ3) is 5.83. The SMILES string of the molecule is CC(C)(C)OC(=O)N1CCC(CNC(=O)C2CCC(CN3C(=O)C=CC3=O)CC2)C1. The summed E-state index contributed by atoms with van der Waals surface area (Å²) in [6, 6.07) is 0. The number of ether oxygens (including phenoxy) is 1. The van der Waals surface area contributed by atoms with Crippen molar-refractivity contribution in [3.8, 4) is 0 Å². The highest BCUT2D eigenvalue weighted by Gasteiger charge is 2.33. The molecule has 4 amide bonds. The molecule has 0 bridgehead atoms. The zero-order valence-corrected chi connectivity index (χ0v) is 18.2. The molecule has 2 aliphatic heterocycles. The molecule has 2 heterocycles. The Hall–Kier alpha value is -2.38. The minimum Gasteiger partial charge on any atom is -0.444 e. The van der Waals surface area contributed by atoms with E-state index in [-0.39, 0.29) is 41.6 Å². The van der Waals surface area contributed by atoms with Gasteiger partial charge in [0.15, 0.2) is 0 Å². The maximum atomic E-state index is 12.6. The molecule has 3 aliphatic rings. The highest BCUT2D eigenvalue weighted by molar-refractivity contribution is 6.12. The van der Waals surface area contributed by atoms with Gasteiger partial charge in [-0.05, 0) is 64.7 Å². The van der Waals surface area contributed by atoms with E-state index in [2.05, 4.69) is 5.32 Å². The highest BCUT2D eigenvalue weighted by Crippen LogP contribution is 2.30. The molecule has 2 fully saturated rings. The molecule has 1 unspecified atom stereocenters. The Balaban J connectivity index is 1.35. The average Bonchev–Trinajstić information content (AvgIpc) is 3.28. The lowest BCUT2D eigenvalue weighted by Gasteiger charge is -2.30. The van der Waals surface area contributed by atoms with E-state index < -0.39 is 5.60 Å². The van der Waals surface area contributed by atoms with Gasteiger partial charge in [0.2, 0.25) is 5.91 Å². The van der Waals surface area contributed by atoms with Gasteiger partial charge >= 0.3 is 6.09 Å². The van der Waals surface area contributed by atoms with Crippen LogP contribution in [-0.4, -0.2) is 65.4 Å². The fourth-order valence-electron chi connectivity index (χ4n) is 4.36. The first-order valence-corrected chi connectivity index (χ1v) is 10.9. The van der Waals surface area contributed by atoms with Crippen LogP contribution in [0, 0.1) is 17.8 Å². The lowest BCUT2D eigenvalue weighted by Crippen LogP contribution is -2.40. The van der Waals surface area contributed by atoms with E-state index in [1.54, 1.807) is 4.90 Å². The van der Waals surface area contributed by atoms with Crippen molar-refractivity contribution in [3.05, 3.63) is 12.2 Å². The average molecular weight is 420 g/mol. The van der Waals surface area contributed by atoms with Crippen molar-refractivity contribution in [2.75, 3.05) is 26.2 Å². The Labute approximate surface area is 178 Å². The van der Waals surface area contributed by atoms with E-state index >= 15 is 0 Å². The molecule has 0 aromatic rings. The van der Waals surface area contributed by atoms with E-state index in [9.17, 15) is 19.2 Å². The summed E-state index contributed by atoms with van der Waals surface area (Å²) in [6.07, 6.45) is 6.42. The van der Waals surface area contributed by atoms with Crippen molar-refractivity contribution in [3.63, 3.8) is 0 Å². The van der Waals surface area contributed by atoms with Gasteiger partial charge in [-0.15, -0.1) is 0 Å². The van der Waals surface area contributed by atoms with Crippen molar-refractivity contribution in [1.82, 2.24) is 15.1 Å². The minimum atomic E-state index is -0.506. The number of rotatable bonds is 5. The summed E-state index contributed by atoms with van der Waals surface area (Å²) >= 11 is 0. The first-order chi connectivity index (χ1) is 14.1. The summed E-state index contributed by atoms with van der Waals surface area (Å²) in [5, 5.41) is 3.06. The molecule has 0 aromatic heterocycles. The summed E-state index contributed by atoms with van der Waals surface area (Å²) < 4.78 is 5.41. The largest absolute Gasteiger partial charge is 0.444 e. The molecule has 1 N–H and O–H groups in total. The number of amides is 4. The summed E-state index contributed by atoms with van der Waals surface area (Å²) in [5.41, 5.74) is -0.506. The van der Waals surface area contributed by atoms with Gasteiger partial charge in [0, 0.05) is 44.2 Å². The van der Waals surface area contributed by atoms with Crippen molar-refractivity contribution in [2.24, 2.45) is 17.8 Å². The molecule has 0 radical (unpaired) electrons. The molecule has 1 aliphatic carbocycles. The van der Waals surface area contributed by atoms with Gasteiger partial charge in [0.1, 0.15) is 5.60 Å². The second kappa shape index (κ2) is 9.18. The molecule has 3 rings (SSSR count). The monoisotopic (exact) mass is 419 g/mol. The zero-order chi connectivity index (χ0) is 21.9. The third-order valence-electron chi connectivity index (χ3n) is 6.06. The summed E-state index contributed by atoms with van der Waals surface area (Å²) in [4.78, 5) is 51.1. The third-order valence-corrected chi connectivity index (χ3v) is 6.06. The first kappa shape index (κ1) is 22.3. The van der Waals surface area contributed by atoms with Crippen molar-refractivity contribution in [1.29, 1.82) is 0 Å². The number of hydrogen-bond donors (Lipinski definition) is 1. The van der Waals surface area contributed by atoms with E-state index in [0.29, 0.717) is 26.2 Å². The van der Waals surface area contributed by atoms with Crippen LogP contribution in [0.2, 0.25) is 0 Å². The topological polar surface area (TPSA) is 96.0 Å². The van der Waals surface area contributed by atoms with Gasteiger partial charge in [0.25, 0.3) is 11.8 Å². The van der Waals surface area contributed by atoms with E-state index in [1.165, 1.54) is 17.1 Å². The van der Waals surface area contributed by atoms with Crippen LogP contribution in [0.15, 0.2) is 12.2 Å². The fraction of sp³-hybridized carbons (Fsp3) is 0.727. The van der Waals surface area contributed by atoms with Gasteiger partial charge < -0.3 is 15.0 Å². The van der Waals surface area contributed by atoms with E-state index in [4.69, 9.17) is 4.74 Å². The second-order valence-electron chi connectivity index (χ2n) is 9.66.